The second kappa shape index (κ2) is 8.61. The Morgan fingerprint density at radius 1 is 1.00 bits per heavy atom. The molecule has 2 aromatic carbocycles. The summed E-state index contributed by atoms with van der Waals surface area (Å²) in [6.45, 7) is 0. The number of methoxy groups -OCH3 is 1. The van der Waals surface area contributed by atoms with Crippen LogP contribution in [0, 0.1) is 0 Å². The number of benzene rings is 2. The number of hydrogen-bond donors (Lipinski definition) is 1. The van der Waals surface area contributed by atoms with E-state index in [1.807, 2.05) is 24.3 Å². The van der Waals surface area contributed by atoms with Gasteiger partial charge in [0, 0.05) is 22.8 Å². The van der Waals surface area contributed by atoms with Gasteiger partial charge in [0.2, 0.25) is 5.95 Å². The molecule has 3 aromatic rings. The van der Waals surface area contributed by atoms with E-state index >= 15 is 0 Å². The van der Waals surface area contributed by atoms with Crippen LogP contribution in [-0.2, 0) is 0 Å². The van der Waals surface area contributed by atoms with Gasteiger partial charge in [0.25, 0.3) is 0 Å². The van der Waals surface area contributed by atoms with E-state index < -0.39 is 0 Å². The first-order valence-corrected chi connectivity index (χ1v) is 10.1. The Balaban J connectivity index is 1.44. The molecule has 1 saturated carbocycles. The van der Waals surface area contributed by atoms with Crippen molar-refractivity contribution in [2.24, 2.45) is 0 Å². The maximum atomic E-state index is 6.17. The minimum atomic E-state index is 0.400. The van der Waals surface area contributed by atoms with Crippen molar-refractivity contribution in [1.29, 1.82) is 0 Å². The van der Waals surface area contributed by atoms with E-state index in [9.17, 15) is 0 Å². The second-order valence-corrected chi connectivity index (χ2v) is 7.65. The molecule has 1 fully saturated rings. The van der Waals surface area contributed by atoms with Gasteiger partial charge in [-0.3, -0.25) is 0 Å². The summed E-state index contributed by atoms with van der Waals surface area (Å²) in [5, 5.41) is 4.17. The number of aromatic nitrogens is 2. The number of rotatable bonds is 5. The van der Waals surface area contributed by atoms with Gasteiger partial charge in [-0.25, -0.2) is 9.97 Å². The molecule has 0 unspecified atom stereocenters. The van der Waals surface area contributed by atoms with Crippen LogP contribution in [0.3, 0.4) is 0 Å². The van der Waals surface area contributed by atoms with Crippen LogP contribution >= 0.6 is 11.6 Å². The first-order chi connectivity index (χ1) is 13.7. The fourth-order valence-corrected chi connectivity index (χ4v) is 4.11. The van der Waals surface area contributed by atoms with Crippen LogP contribution in [0.1, 0.15) is 37.2 Å². The number of nitrogens with zero attached hydrogens (tertiary/aromatic N) is 2. The number of ether oxygens (including phenoxy) is 1. The lowest BCUT2D eigenvalue weighted by Crippen LogP contribution is -2.26. The Bertz CT molecular complexity index is 924. The molecule has 4 nitrogen and oxygen atoms in total. The molecular formula is C23H24ClN3O. The molecule has 1 aromatic heterocycles. The van der Waals surface area contributed by atoms with Gasteiger partial charge in [0.05, 0.1) is 12.8 Å². The SMILES string of the molecule is COc1ccc(Cl)cc1-c1ccnc(NC2CCC(c3ccccc3)CC2)n1. The standard InChI is InChI=1S/C23H24ClN3O/c1-28-22-12-9-18(24)15-20(22)21-13-14-25-23(27-21)26-19-10-7-17(8-11-19)16-5-3-2-4-6-16/h2-6,9,12-15,17,19H,7-8,10-11H2,1H3,(H,25,26,27). The quantitative estimate of drug-likeness (QED) is 0.582. The summed E-state index contributed by atoms with van der Waals surface area (Å²) in [5.74, 6) is 2.06. The van der Waals surface area contributed by atoms with Gasteiger partial charge in [0.1, 0.15) is 5.75 Å². The van der Waals surface area contributed by atoms with Crippen LogP contribution in [0.4, 0.5) is 5.95 Å². The Morgan fingerprint density at radius 3 is 2.54 bits per heavy atom. The molecule has 1 aliphatic carbocycles. The normalized spacial score (nSPS) is 19.2. The minimum Gasteiger partial charge on any atom is -0.496 e. The van der Waals surface area contributed by atoms with Crippen LogP contribution in [0.2, 0.25) is 5.02 Å². The molecule has 1 aliphatic rings. The summed E-state index contributed by atoms with van der Waals surface area (Å²) in [7, 11) is 1.65. The lowest BCUT2D eigenvalue weighted by Gasteiger charge is -2.29. The lowest BCUT2D eigenvalue weighted by molar-refractivity contribution is 0.411. The molecule has 0 aliphatic heterocycles. The zero-order valence-corrected chi connectivity index (χ0v) is 16.7. The molecule has 0 spiro atoms. The van der Waals surface area contributed by atoms with Crippen molar-refractivity contribution in [1.82, 2.24) is 9.97 Å². The van der Waals surface area contributed by atoms with Gasteiger partial charge < -0.3 is 10.1 Å². The van der Waals surface area contributed by atoms with Crippen LogP contribution in [0.25, 0.3) is 11.3 Å². The summed E-state index contributed by atoms with van der Waals surface area (Å²) in [5.41, 5.74) is 3.12. The summed E-state index contributed by atoms with van der Waals surface area (Å²) in [6.07, 6.45) is 6.38. The van der Waals surface area contributed by atoms with Crippen molar-refractivity contribution in [3.63, 3.8) is 0 Å². The summed E-state index contributed by atoms with van der Waals surface area (Å²) in [6, 6.07) is 18.6. The van der Waals surface area contributed by atoms with E-state index in [2.05, 4.69) is 40.6 Å². The third-order valence-corrected chi connectivity index (χ3v) is 5.66. The average molecular weight is 394 g/mol. The average Bonchev–Trinajstić information content (AvgIpc) is 2.75. The van der Waals surface area contributed by atoms with E-state index in [1.54, 1.807) is 13.3 Å². The molecule has 0 saturated heterocycles. The topological polar surface area (TPSA) is 47.0 Å². The van der Waals surface area contributed by atoms with E-state index in [-0.39, 0.29) is 0 Å². The molecule has 1 N–H and O–H groups in total. The summed E-state index contributed by atoms with van der Waals surface area (Å²) >= 11 is 6.17. The first-order valence-electron chi connectivity index (χ1n) is 9.71. The number of halogens is 1. The van der Waals surface area contributed by atoms with Crippen molar-refractivity contribution >= 4 is 17.5 Å². The molecule has 0 atom stereocenters. The molecule has 0 bridgehead atoms. The predicted molar refractivity (Wildman–Crippen MR) is 114 cm³/mol. The zero-order valence-electron chi connectivity index (χ0n) is 15.9. The van der Waals surface area contributed by atoms with Crippen molar-refractivity contribution < 1.29 is 4.74 Å². The predicted octanol–water partition coefficient (Wildman–Crippen LogP) is 5.94. The molecular weight excluding hydrogens is 370 g/mol. The van der Waals surface area contributed by atoms with E-state index in [4.69, 9.17) is 21.3 Å². The third kappa shape index (κ3) is 4.28. The molecule has 144 valence electrons. The molecule has 4 rings (SSSR count). The van der Waals surface area contributed by atoms with Gasteiger partial charge in [0.15, 0.2) is 0 Å². The van der Waals surface area contributed by atoms with E-state index in [1.165, 1.54) is 18.4 Å². The maximum absolute atomic E-state index is 6.17. The molecule has 5 heteroatoms. The first kappa shape index (κ1) is 18.8. The number of nitrogens with one attached hydrogen (secondary N) is 1. The Morgan fingerprint density at radius 2 is 1.79 bits per heavy atom. The smallest absolute Gasteiger partial charge is 0.223 e. The van der Waals surface area contributed by atoms with Gasteiger partial charge in [-0.2, -0.15) is 0 Å². The van der Waals surface area contributed by atoms with Gasteiger partial charge in [-0.1, -0.05) is 41.9 Å². The summed E-state index contributed by atoms with van der Waals surface area (Å²) in [4.78, 5) is 9.12. The molecule has 1 heterocycles. The number of anilines is 1. The fourth-order valence-electron chi connectivity index (χ4n) is 3.94. The summed E-state index contributed by atoms with van der Waals surface area (Å²) < 4.78 is 5.46. The highest BCUT2D eigenvalue weighted by Gasteiger charge is 2.22. The van der Waals surface area contributed by atoms with Crippen LogP contribution in [0.15, 0.2) is 60.8 Å². The Labute approximate surface area is 171 Å². The van der Waals surface area contributed by atoms with Crippen molar-refractivity contribution in [2.45, 2.75) is 37.6 Å². The van der Waals surface area contributed by atoms with Crippen molar-refractivity contribution in [3.8, 4) is 17.0 Å². The lowest BCUT2D eigenvalue weighted by atomic mass is 9.82. The maximum Gasteiger partial charge on any atom is 0.223 e. The van der Waals surface area contributed by atoms with Gasteiger partial charge >= 0.3 is 0 Å². The van der Waals surface area contributed by atoms with Gasteiger partial charge in [-0.15, -0.1) is 0 Å². The fraction of sp³-hybridized carbons (Fsp3) is 0.304. The highest BCUT2D eigenvalue weighted by atomic mass is 35.5. The van der Waals surface area contributed by atoms with Crippen molar-refractivity contribution in [3.05, 3.63) is 71.4 Å². The second-order valence-electron chi connectivity index (χ2n) is 7.21. The van der Waals surface area contributed by atoms with Gasteiger partial charge in [-0.05, 0) is 61.4 Å². The third-order valence-electron chi connectivity index (χ3n) is 5.42. The zero-order chi connectivity index (χ0) is 19.3. The minimum absolute atomic E-state index is 0.400. The van der Waals surface area contributed by atoms with Crippen molar-refractivity contribution in [2.75, 3.05) is 12.4 Å². The number of hydrogen-bond acceptors (Lipinski definition) is 4. The monoisotopic (exact) mass is 393 g/mol. The largest absolute Gasteiger partial charge is 0.496 e. The molecule has 0 amide bonds. The van der Waals surface area contributed by atoms with Crippen LogP contribution in [0.5, 0.6) is 5.75 Å². The van der Waals surface area contributed by atoms with E-state index in [0.29, 0.717) is 22.9 Å². The highest BCUT2D eigenvalue weighted by Crippen LogP contribution is 2.34. The van der Waals surface area contributed by atoms with Crippen LogP contribution < -0.4 is 10.1 Å². The Kier molecular flexibility index (Phi) is 5.77. The van der Waals surface area contributed by atoms with Crippen LogP contribution in [-0.4, -0.2) is 23.1 Å². The Hall–Kier alpha value is -2.59. The van der Waals surface area contributed by atoms with E-state index in [0.717, 1.165) is 29.8 Å². The highest BCUT2D eigenvalue weighted by molar-refractivity contribution is 6.30. The molecule has 28 heavy (non-hydrogen) atoms. The molecule has 0 radical (unpaired) electrons.